The molecule has 3 fully saturated rings. The molecule has 0 aliphatic carbocycles. The van der Waals surface area contributed by atoms with Gasteiger partial charge in [0.1, 0.15) is 34.4 Å². The third-order valence-electron chi connectivity index (χ3n) is 10.4. The van der Waals surface area contributed by atoms with Crippen molar-refractivity contribution < 1.29 is 67.0 Å². The Hall–Kier alpha value is -5.91. The summed E-state index contributed by atoms with van der Waals surface area (Å²) in [6.07, 6.45) is 2.26. The highest BCUT2D eigenvalue weighted by Gasteiger charge is 2.73. The first-order valence-electron chi connectivity index (χ1n) is 18.0. The summed E-state index contributed by atoms with van der Waals surface area (Å²) in [4.78, 5) is 84.4. The SMILES string of the molecule is CC(C)(O/N=C(\C(=O)N[C@@H]1C(=O)N2C(C(=O)[O-])=C(C[n+]3ccccc3)CS[C@H]12)c1csc(N)n1)C(=O)O.CC1(C)[C@H](C(=O)O)N2C(=O)[C@@H]([C@@H](O)c3ccccc3)[C@H]2S1(=O)=O. The maximum absolute atomic E-state index is 13.1. The number of thioether (sulfide) groups is 1. The fourth-order valence-corrected chi connectivity index (χ4v) is 11.3. The number of β-lactam (4-membered cyclic amide) rings is 2. The minimum absolute atomic E-state index is 0.0265. The number of hydrogen-bond donors (Lipinski definition) is 5. The average Bonchev–Trinajstić information content (AvgIpc) is 3.68. The van der Waals surface area contributed by atoms with Crippen molar-refractivity contribution in [3.63, 3.8) is 0 Å². The second-order valence-corrected chi connectivity index (χ2v) is 19.6. The number of nitrogens with zero attached hydrogens (tertiary/aromatic N) is 5. The zero-order chi connectivity index (χ0) is 44.1. The van der Waals surface area contributed by atoms with Crippen molar-refractivity contribution in [2.75, 3.05) is 11.5 Å². The van der Waals surface area contributed by atoms with E-state index in [0.29, 0.717) is 16.9 Å². The van der Waals surface area contributed by atoms with Gasteiger partial charge in [-0.25, -0.2) is 27.6 Å². The summed E-state index contributed by atoms with van der Waals surface area (Å²) in [7, 11) is -3.93. The molecular weight excluding hydrogens is 847 g/mol. The largest absolute Gasteiger partial charge is 0.543 e. The number of anilines is 1. The van der Waals surface area contributed by atoms with Crippen LogP contribution in [0.25, 0.3) is 0 Å². The number of rotatable bonds is 12. The Balaban J connectivity index is 0.000000224. The number of oxime groups is 1. The van der Waals surface area contributed by atoms with E-state index in [-0.39, 0.29) is 28.8 Å². The van der Waals surface area contributed by atoms with Gasteiger partial charge in [0.05, 0.1) is 22.5 Å². The summed E-state index contributed by atoms with van der Waals surface area (Å²) in [5.41, 5.74) is 4.26. The standard InChI is InChI=1S/C22H22N6O7S2.C15H17NO6S/c1-22(2,20(33)34)35-26-13(12-10-37-21(23)24-12)16(29)25-14-17(30)28-15(19(31)32)11(9-36-18(14)28)8-27-6-4-3-5-7-27;1-15(2)11(14(19)20)16-12(18)9(13(16)23(15,21)22)10(17)8-6-4-3-5-7-8/h3-7,10,14,18H,8-9H2,1-2H3,(H4-,23,24,25,29,31,32,33,34);3-7,9-11,13,17H,1-2H3,(H,19,20)/b26-13-;/t14-,18-;9-,10+,11+,13-/m11/s1. The monoisotopic (exact) mass is 885 g/mol. The highest BCUT2D eigenvalue weighted by Crippen LogP contribution is 2.52. The average molecular weight is 886 g/mol. The number of fused-ring (bicyclic) bond motifs is 2. The summed E-state index contributed by atoms with van der Waals surface area (Å²) in [6, 6.07) is 11.2. The molecule has 3 saturated heterocycles. The van der Waals surface area contributed by atoms with E-state index in [1.165, 1.54) is 44.8 Å². The lowest BCUT2D eigenvalue weighted by molar-refractivity contribution is -0.689. The number of aromatic nitrogens is 2. The van der Waals surface area contributed by atoms with Crippen LogP contribution in [0.5, 0.6) is 0 Å². The molecule has 318 valence electrons. The van der Waals surface area contributed by atoms with Gasteiger partial charge in [-0.3, -0.25) is 19.3 Å². The number of amides is 3. The molecule has 0 unspecified atom stereocenters. The number of hydrogen-bond acceptors (Lipinski definition) is 16. The number of carboxylic acids is 3. The molecule has 20 nitrogen and oxygen atoms in total. The zero-order valence-corrected chi connectivity index (χ0v) is 34.6. The van der Waals surface area contributed by atoms with Crippen LogP contribution in [-0.4, -0.2) is 119 Å². The van der Waals surface area contributed by atoms with Crippen molar-refractivity contribution in [2.45, 2.75) is 73.5 Å². The smallest absolute Gasteiger partial charge is 0.350 e. The van der Waals surface area contributed by atoms with E-state index in [1.54, 1.807) is 59.4 Å². The molecule has 0 radical (unpaired) electrons. The topological polar surface area (TPSA) is 303 Å². The van der Waals surface area contributed by atoms with Gasteiger partial charge >= 0.3 is 11.9 Å². The molecule has 60 heavy (non-hydrogen) atoms. The van der Waals surface area contributed by atoms with Crippen LogP contribution >= 0.6 is 23.1 Å². The Morgan fingerprint density at radius 1 is 1.10 bits per heavy atom. The molecule has 0 spiro atoms. The van der Waals surface area contributed by atoms with Crippen molar-refractivity contribution in [3.8, 4) is 0 Å². The number of carbonyl (C=O) groups excluding carboxylic acids is 4. The van der Waals surface area contributed by atoms with Crippen LogP contribution < -0.4 is 20.7 Å². The first-order chi connectivity index (χ1) is 28.1. The number of carbonyl (C=O) groups is 6. The van der Waals surface area contributed by atoms with E-state index >= 15 is 0 Å². The third-order valence-corrected chi connectivity index (χ3v) is 15.2. The van der Waals surface area contributed by atoms with Gasteiger partial charge in [-0.05, 0) is 33.3 Å². The van der Waals surface area contributed by atoms with Crippen molar-refractivity contribution in [1.82, 2.24) is 20.1 Å². The summed E-state index contributed by atoms with van der Waals surface area (Å²) < 4.78 is 25.6. The molecule has 0 bridgehead atoms. The number of nitrogens with one attached hydrogen (secondary N) is 1. The second-order valence-electron chi connectivity index (χ2n) is 15.0. The van der Waals surface area contributed by atoms with Crippen molar-refractivity contribution in [3.05, 3.63) is 88.8 Å². The third kappa shape index (κ3) is 7.68. The molecule has 3 amide bonds. The zero-order valence-electron chi connectivity index (χ0n) is 32.2. The first-order valence-corrected chi connectivity index (χ1v) is 21.4. The molecule has 1 aromatic carbocycles. The molecule has 6 heterocycles. The number of carboxylic acid groups (broad SMARTS) is 3. The van der Waals surface area contributed by atoms with Crippen LogP contribution in [-0.2, 0) is 50.0 Å². The predicted octanol–water partition coefficient (Wildman–Crippen LogP) is -1.13. The number of nitrogens with two attached hydrogens (primary N) is 1. The lowest BCUT2D eigenvalue weighted by atomic mass is 9.85. The van der Waals surface area contributed by atoms with Crippen LogP contribution in [0.4, 0.5) is 5.13 Å². The Labute approximate surface area is 350 Å². The summed E-state index contributed by atoms with van der Waals surface area (Å²) >= 11 is 2.32. The Kier molecular flexibility index (Phi) is 11.8. The summed E-state index contributed by atoms with van der Waals surface area (Å²) in [5.74, 6) is -7.19. The Morgan fingerprint density at radius 3 is 2.30 bits per heavy atom. The molecule has 2 aromatic heterocycles. The summed E-state index contributed by atoms with van der Waals surface area (Å²) in [5, 5.41) is 46.8. The van der Waals surface area contributed by atoms with Crippen LogP contribution in [0.15, 0.2) is 82.7 Å². The van der Waals surface area contributed by atoms with Gasteiger partial charge in [0.2, 0.25) is 11.5 Å². The second kappa shape index (κ2) is 16.3. The summed E-state index contributed by atoms with van der Waals surface area (Å²) in [6.45, 7) is 5.35. The van der Waals surface area contributed by atoms with E-state index in [9.17, 15) is 57.6 Å². The molecule has 4 aliphatic heterocycles. The van der Waals surface area contributed by atoms with Gasteiger partial charge in [0.25, 0.3) is 11.8 Å². The lowest BCUT2D eigenvalue weighted by Crippen LogP contribution is -2.71. The highest BCUT2D eigenvalue weighted by atomic mass is 32.2. The van der Waals surface area contributed by atoms with E-state index in [1.807, 2.05) is 6.07 Å². The first kappa shape index (κ1) is 43.7. The number of aliphatic hydroxyl groups excluding tert-OH is 1. The van der Waals surface area contributed by atoms with Crippen LogP contribution in [0.3, 0.4) is 0 Å². The molecule has 0 saturated carbocycles. The van der Waals surface area contributed by atoms with E-state index < -0.39 is 90.7 Å². The maximum atomic E-state index is 13.1. The van der Waals surface area contributed by atoms with Crippen molar-refractivity contribution in [1.29, 1.82) is 0 Å². The Morgan fingerprint density at radius 2 is 1.73 bits per heavy atom. The fourth-order valence-electron chi connectivity index (χ4n) is 7.06. The number of sulfone groups is 1. The molecule has 6 N–H and O–H groups in total. The predicted molar refractivity (Wildman–Crippen MR) is 210 cm³/mol. The number of nitrogen functional groups attached to an aromatic ring is 1. The van der Waals surface area contributed by atoms with E-state index in [4.69, 9.17) is 10.6 Å². The van der Waals surface area contributed by atoms with Crippen LogP contribution in [0, 0.1) is 5.92 Å². The lowest BCUT2D eigenvalue weighted by Gasteiger charge is -2.50. The minimum Gasteiger partial charge on any atom is -0.543 e. The van der Waals surface area contributed by atoms with Gasteiger partial charge in [-0.1, -0.05) is 41.6 Å². The normalized spacial score (nSPS) is 24.4. The quantitative estimate of drug-likeness (QED) is 0.0622. The molecule has 6 atom stereocenters. The Bertz CT molecular complexity index is 2420. The van der Waals surface area contributed by atoms with Crippen LogP contribution in [0.2, 0.25) is 0 Å². The van der Waals surface area contributed by atoms with Crippen molar-refractivity contribution >= 4 is 79.4 Å². The van der Waals surface area contributed by atoms with E-state index in [2.05, 4.69) is 15.5 Å². The van der Waals surface area contributed by atoms with Crippen LogP contribution in [0.1, 0.15) is 45.1 Å². The van der Waals surface area contributed by atoms with E-state index in [0.717, 1.165) is 21.1 Å². The van der Waals surface area contributed by atoms with Gasteiger partial charge in [0.15, 0.2) is 39.6 Å². The molecule has 4 aliphatic rings. The number of pyridine rings is 1. The van der Waals surface area contributed by atoms with Gasteiger partial charge in [0, 0.05) is 28.8 Å². The van der Waals surface area contributed by atoms with Gasteiger partial charge in [-0.15, -0.1) is 23.1 Å². The molecule has 3 aromatic rings. The highest BCUT2D eigenvalue weighted by molar-refractivity contribution is 8.00. The van der Waals surface area contributed by atoms with Gasteiger partial charge in [-0.2, -0.15) is 0 Å². The number of aliphatic carboxylic acids is 3. The number of aliphatic hydroxyl groups is 1. The number of thiazole rings is 1. The molecule has 23 heteroatoms. The van der Waals surface area contributed by atoms with Crippen molar-refractivity contribution in [2.24, 2.45) is 11.1 Å². The maximum Gasteiger partial charge on any atom is 0.350 e. The minimum atomic E-state index is -3.93. The van der Waals surface area contributed by atoms with Gasteiger partial charge < -0.3 is 46.0 Å². The fraction of sp³-hybridized carbons (Fsp3) is 0.378. The molecular formula is C37H39N7O13S3. The molecule has 7 rings (SSSR count). The number of benzene rings is 1.